The number of alkyl halides is 3. The molecular formula is C19H25F3N2O2. The van der Waals surface area contributed by atoms with E-state index >= 15 is 0 Å². The van der Waals surface area contributed by atoms with E-state index < -0.39 is 11.7 Å². The molecule has 7 heteroatoms. The van der Waals surface area contributed by atoms with Crippen molar-refractivity contribution in [1.29, 1.82) is 0 Å². The molecule has 2 N–H and O–H groups in total. The molecule has 0 heterocycles. The second-order valence-corrected chi connectivity index (χ2v) is 6.93. The van der Waals surface area contributed by atoms with Crippen molar-refractivity contribution in [3.8, 4) is 0 Å². The summed E-state index contributed by atoms with van der Waals surface area (Å²) in [5, 5.41) is 5.64. The lowest BCUT2D eigenvalue weighted by Crippen LogP contribution is -2.39. The third kappa shape index (κ3) is 5.47. The number of carbonyl (C=O) groups is 2. The molecule has 0 spiro atoms. The van der Waals surface area contributed by atoms with Crippen molar-refractivity contribution in [2.75, 3.05) is 5.32 Å². The molecule has 0 aliphatic heterocycles. The maximum Gasteiger partial charge on any atom is 0.416 e. The molecule has 1 unspecified atom stereocenters. The largest absolute Gasteiger partial charge is 0.416 e. The predicted octanol–water partition coefficient (Wildman–Crippen LogP) is 4.37. The molecule has 144 valence electrons. The lowest BCUT2D eigenvalue weighted by Gasteiger charge is -2.28. The molecule has 1 fully saturated rings. The van der Waals surface area contributed by atoms with Gasteiger partial charge in [0.25, 0.3) is 0 Å². The molecule has 0 aromatic heterocycles. The van der Waals surface area contributed by atoms with Crippen LogP contribution in [0.25, 0.3) is 0 Å². The molecule has 4 nitrogen and oxygen atoms in total. The summed E-state index contributed by atoms with van der Waals surface area (Å²) in [5.74, 6) is -0.449. The van der Waals surface area contributed by atoms with Crippen LogP contribution in [0.15, 0.2) is 24.3 Å². The van der Waals surface area contributed by atoms with Gasteiger partial charge < -0.3 is 10.6 Å². The highest BCUT2D eigenvalue weighted by Crippen LogP contribution is 2.31. The Kier molecular flexibility index (Phi) is 6.67. The van der Waals surface area contributed by atoms with Gasteiger partial charge >= 0.3 is 6.18 Å². The molecule has 0 saturated heterocycles. The highest BCUT2D eigenvalue weighted by atomic mass is 19.4. The van der Waals surface area contributed by atoms with Crippen LogP contribution < -0.4 is 10.6 Å². The predicted molar refractivity (Wildman–Crippen MR) is 93.4 cm³/mol. The summed E-state index contributed by atoms with van der Waals surface area (Å²) in [7, 11) is 0. The maximum atomic E-state index is 12.6. The van der Waals surface area contributed by atoms with Gasteiger partial charge in [0.1, 0.15) is 0 Å². The highest BCUT2D eigenvalue weighted by Gasteiger charge is 2.31. The smallest absolute Gasteiger partial charge is 0.353 e. The molecule has 2 amide bonds. The Morgan fingerprint density at radius 2 is 1.54 bits per heavy atom. The molecule has 1 aromatic carbocycles. The number of halogens is 3. The first kappa shape index (κ1) is 20.3. The summed E-state index contributed by atoms with van der Waals surface area (Å²) >= 11 is 0. The number of rotatable bonds is 5. The Hall–Kier alpha value is -2.05. The Morgan fingerprint density at radius 1 is 1.04 bits per heavy atom. The van der Waals surface area contributed by atoms with Crippen molar-refractivity contribution in [3.05, 3.63) is 29.8 Å². The van der Waals surface area contributed by atoms with Crippen molar-refractivity contribution in [3.63, 3.8) is 0 Å². The van der Waals surface area contributed by atoms with Crippen molar-refractivity contribution < 1.29 is 22.8 Å². The Balaban J connectivity index is 1.84. The van der Waals surface area contributed by atoms with Crippen LogP contribution in [0.1, 0.15) is 51.5 Å². The van der Waals surface area contributed by atoms with Crippen LogP contribution in [0.3, 0.4) is 0 Å². The van der Waals surface area contributed by atoms with Gasteiger partial charge in [0.2, 0.25) is 11.8 Å². The monoisotopic (exact) mass is 370 g/mol. The van der Waals surface area contributed by atoms with E-state index in [1.165, 1.54) is 12.1 Å². The number of hydrogen-bond donors (Lipinski definition) is 2. The minimum atomic E-state index is -4.39. The standard InChI is InChI=1S/C19H25F3N2O2/c1-3-12(2)23-17(25)13-4-6-14(7-5-13)18(26)24-16-10-8-15(9-11-16)19(20,21)22/h8-14H,3-7H2,1-2H3,(H,23,25)(H,24,26). The third-order valence-corrected chi connectivity index (χ3v) is 4.95. The topological polar surface area (TPSA) is 58.2 Å². The normalized spacial score (nSPS) is 21.7. The van der Waals surface area contributed by atoms with Crippen LogP contribution in [-0.2, 0) is 15.8 Å². The number of benzene rings is 1. The van der Waals surface area contributed by atoms with Gasteiger partial charge in [-0.1, -0.05) is 6.92 Å². The molecule has 26 heavy (non-hydrogen) atoms. The van der Waals surface area contributed by atoms with Gasteiger partial charge in [-0.05, 0) is 63.3 Å². The Bertz CT molecular complexity index is 621. The van der Waals surface area contributed by atoms with Gasteiger partial charge in [-0.15, -0.1) is 0 Å². The highest BCUT2D eigenvalue weighted by molar-refractivity contribution is 5.92. The van der Waals surface area contributed by atoms with E-state index in [2.05, 4.69) is 10.6 Å². The summed E-state index contributed by atoms with van der Waals surface area (Å²) in [5.41, 5.74) is -0.400. The fourth-order valence-corrected chi connectivity index (χ4v) is 3.07. The zero-order chi connectivity index (χ0) is 19.3. The molecule has 1 aliphatic carbocycles. The Morgan fingerprint density at radius 3 is 2.00 bits per heavy atom. The molecule has 2 rings (SSSR count). The van der Waals surface area contributed by atoms with Gasteiger partial charge in [0, 0.05) is 23.6 Å². The van der Waals surface area contributed by atoms with E-state index in [1.807, 2.05) is 13.8 Å². The number of nitrogens with one attached hydrogen (secondary N) is 2. The maximum absolute atomic E-state index is 12.6. The second kappa shape index (κ2) is 8.56. The van der Waals surface area contributed by atoms with Gasteiger partial charge in [0.05, 0.1) is 5.56 Å². The minimum absolute atomic E-state index is 0.0425. The first-order valence-electron chi connectivity index (χ1n) is 8.99. The summed E-state index contributed by atoms with van der Waals surface area (Å²) < 4.78 is 37.7. The quantitative estimate of drug-likeness (QED) is 0.809. The lowest BCUT2D eigenvalue weighted by molar-refractivity contribution is -0.137. The van der Waals surface area contributed by atoms with Gasteiger partial charge in [0.15, 0.2) is 0 Å². The molecule has 0 radical (unpaired) electrons. The number of hydrogen-bond acceptors (Lipinski definition) is 2. The van der Waals surface area contributed by atoms with Crippen LogP contribution in [-0.4, -0.2) is 17.9 Å². The molecule has 1 aromatic rings. The molecule has 1 atom stereocenters. The number of carbonyl (C=O) groups excluding carboxylic acids is 2. The molecule has 1 saturated carbocycles. The second-order valence-electron chi connectivity index (χ2n) is 6.93. The van der Waals surface area contributed by atoms with E-state index in [1.54, 1.807) is 0 Å². The summed E-state index contributed by atoms with van der Waals surface area (Å²) in [4.78, 5) is 24.5. The van der Waals surface area contributed by atoms with Gasteiger partial charge in [-0.3, -0.25) is 9.59 Å². The van der Waals surface area contributed by atoms with Crippen LogP contribution in [0.4, 0.5) is 18.9 Å². The molecular weight excluding hydrogens is 345 g/mol. The third-order valence-electron chi connectivity index (χ3n) is 4.95. The fraction of sp³-hybridized carbons (Fsp3) is 0.579. The van der Waals surface area contributed by atoms with E-state index in [-0.39, 0.29) is 29.7 Å². The van der Waals surface area contributed by atoms with Crippen LogP contribution in [0.5, 0.6) is 0 Å². The molecule has 0 bridgehead atoms. The number of amides is 2. The van der Waals surface area contributed by atoms with Gasteiger partial charge in [-0.25, -0.2) is 0 Å². The molecule has 1 aliphatic rings. The van der Waals surface area contributed by atoms with Crippen LogP contribution in [0.2, 0.25) is 0 Å². The number of anilines is 1. The fourth-order valence-electron chi connectivity index (χ4n) is 3.07. The summed E-state index contributed by atoms with van der Waals surface area (Å²) in [6.07, 6.45) is -1.02. The van der Waals surface area contributed by atoms with E-state index in [4.69, 9.17) is 0 Å². The summed E-state index contributed by atoms with van der Waals surface area (Å²) in [6, 6.07) is 4.55. The first-order valence-corrected chi connectivity index (χ1v) is 8.99. The van der Waals surface area contributed by atoms with Crippen LogP contribution in [0, 0.1) is 11.8 Å². The first-order chi connectivity index (χ1) is 12.2. The van der Waals surface area contributed by atoms with E-state index in [9.17, 15) is 22.8 Å². The van der Waals surface area contributed by atoms with Crippen molar-refractivity contribution in [2.24, 2.45) is 11.8 Å². The van der Waals surface area contributed by atoms with Gasteiger partial charge in [-0.2, -0.15) is 13.2 Å². The summed E-state index contributed by atoms with van der Waals surface area (Å²) in [6.45, 7) is 3.97. The lowest BCUT2D eigenvalue weighted by atomic mass is 9.81. The van der Waals surface area contributed by atoms with Crippen molar-refractivity contribution >= 4 is 17.5 Å². The van der Waals surface area contributed by atoms with Crippen LogP contribution >= 0.6 is 0 Å². The van der Waals surface area contributed by atoms with Crippen molar-refractivity contribution in [1.82, 2.24) is 5.32 Å². The zero-order valence-corrected chi connectivity index (χ0v) is 15.0. The minimum Gasteiger partial charge on any atom is -0.353 e. The van der Waals surface area contributed by atoms with Crippen molar-refractivity contribution in [2.45, 2.75) is 58.2 Å². The average Bonchev–Trinajstić information content (AvgIpc) is 2.61. The van der Waals surface area contributed by atoms with E-state index in [0.29, 0.717) is 31.4 Å². The average molecular weight is 370 g/mol. The zero-order valence-electron chi connectivity index (χ0n) is 15.0. The van der Waals surface area contributed by atoms with E-state index in [0.717, 1.165) is 18.6 Å². The SMILES string of the molecule is CCC(C)NC(=O)C1CCC(C(=O)Nc2ccc(C(F)(F)F)cc2)CC1. The Labute approximate surface area is 151 Å².